The standard InChI is InChI=1S/C23H22F3N5O/c24-23(25,26)19-8-4-7-18(15-19)22(32)31-13-11-30(12-14-31)21-10-9-20(28-29-21)27-16-17-5-2-1-3-6-17/h1-10,15H,11-14,16H2,(H,27,28). The number of amides is 1. The summed E-state index contributed by atoms with van der Waals surface area (Å²) in [4.78, 5) is 16.2. The number of anilines is 2. The van der Waals surface area contributed by atoms with Crippen molar-refractivity contribution in [2.75, 3.05) is 36.4 Å². The van der Waals surface area contributed by atoms with Gasteiger partial charge in [0.2, 0.25) is 0 Å². The zero-order valence-electron chi connectivity index (χ0n) is 17.2. The molecular formula is C23H22F3N5O. The van der Waals surface area contributed by atoms with Crippen LogP contribution in [0.15, 0.2) is 66.7 Å². The third-order valence-electron chi connectivity index (χ3n) is 5.29. The number of benzene rings is 2. The molecular weight excluding hydrogens is 419 g/mol. The Morgan fingerprint density at radius 2 is 1.66 bits per heavy atom. The number of rotatable bonds is 5. The van der Waals surface area contributed by atoms with E-state index in [1.54, 1.807) is 4.90 Å². The van der Waals surface area contributed by atoms with Gasteiger partial charge in [0.1, 0.15) is 5.82 Å². The lowest BCUT2D eigenvalue weighted by atomic mass is 10.1. The third kappa shape index (κ3) is 5.16. The first-order valence-electron chi connectivity index (χ1n) is 10.2. The van der Waals surface area contributed by atoms with Gasteiger partial charge in [0, 0.05) is 38.3 Å². The molecule has 32 heavy (non-hydrogen) atoms. The first-order chi connectivity index (χ1) is 15.4. The Morgan fingerprint density at radius 3 is 2.31 bits per heavy atom. The highest BCUT2D eigenvalue weighted by molar-refractivity contribution is 5.94. The van der Waals surface area contributed by atoms with Gasteiger partial charge in [0.05, 0.1) is 5.56 Å². The number of alkyl halides is 3. The van der Waals surface area contributed by atoms with Crippen molar-refractivity contribution in [3.8, 4) is 0 Å². The van der Waals surface area contributed by atoms with Gasteiger partial charge >= 0.3 is 6.18 Å². The minimum Gasteiger partial charge on any atom is -0.365 e. The fraction of sp³-hybridized carbons (Fsp3) is 0.261. The Kier molecular flexibility index (Phi) is 6.25. The van der Waals surface area contributed by atoms with Crippen LogP contribution in [0, 0.1) is 0 Å². The molecule has 1 amide bonds. The minimum atomic E-state index is -4.48. The predicted octanol–water partition coefficient (Wildman–Crippen LogP) is 4.07. The number of nitrogens with zero attached hydrogens (tertiary/aromatic N) is 4. The molecule has 1 saturated heterocycles. The SMILES string of the molecule is O=C(c1cccc(C(F)(F)F)c1)N1CCN(c2ccc(NCc3ccccc3)nn2)CC1. The van der Waals surface area contributed by atoms with Crippen molar-refractivity contribution >= 4 is 17.5 Å². The van der Waals surface area contributed by atoms with Crippen molar-refractivity contribution in [3.05, 3.63) is 83.4 Å². The van der Waals surface area contributed by atoms with Crippen LogP contribution in [0.1, 0.15) is 21.5 Å². The summed E-state index contributed by atoms with van der Waals surface area (Å²) < 4.78 is 38.8. The molecule has 0 aliphatic carbocycles. The molecule has 1 aliphatic heterocycles. The van der Waals surface area contributed by atoms with Gasteiger partial charge in [0.25, 0.3) is 5.91 Å². The Bertz CT molecular complexity index is 1050. The average molecular weight is 441 g/mol. The van der Waals surface area contributed by atoms with Gasteiger partial charge in [-0.25, -0.2) is 0 Å². The van der Waals surface area contributed by atoms with Crippen molar-refractivity contribution < 1.29 is 18.0 Å². The van der Waals surface area contributed by atoms with Gasteiger partial charge in [-0.1, -0.05) is 36.4 Å². The van der Waals surface area contributed by atoms with Crippen molar-refractivity contribution in [2.45, 2.75) is 12.7 Å². The molecule has 1 fully saturated rings. The van der Waals surface area contributed by atoms with E-state index < -0.39 is 17.6 Å². The molecule has 6 nitrogen and oxygen atoms in total. The number of aromatic nitrogens is 2. The number of piperazine rings is 1. The van der Waals surface area contributed by atoms with E-state index in [0.717, 1.165) is 17.7 Å². The smallest absolute Gasteiger partial charge is 0.365 e. The van der Waals surface area contributed by atoms with Crippen LogP contribution in [0.5, 0.6) is 0 Å². The van der Waals surface area contributed by atoms with Crippen molar-refractivity contribution in [3.63, 3.8) is 0 Å². The Labute approximate surface area is 183 Å². The van der Waals surface area contributed by atoms with Crippen LogP contribution in [-0.2, 0) is 12.7 Å². The predicted molar refractivity (Wildman–Crippen MR) is 115 cm³/mol. The van der Waals surface area contributed by atoms with Gasteiger partial charge in [-0.3, -0.25) is 4.79 Å². The molecule has 2 heterocycles. The molecule has 0 bridgehead atoms. The van der Waals surface area contributed by atoms with Gasteiger partial charge in [-0.15, -0.1) is 10.2 Å². The maximum Gasteiger partial charge on any atom is 0.416 e. The van der Waals surface area contributed by atoms with E-state index in [2.05, 4.69) is 15.5 Å². The largest absolute Gasteiger partial charge is 0.416 e. The van der Waals surface area contributed by atoms with Crippen LogP contribution >= 0.6 is 0 Å². The maximum absolute atomic E-state index is 12.9. The lowest BCUT2D eigenvalue weighted by Gasteiger charge is -2.35. The molecule has 1 aliphatic rings. The maximum atomic E-state index is 12.9. The van der Waals surface area contributed by atoms with Crippen LogP contribution in [0.2, 0.25) is 0 Å². The first kappa shape index (κ1) is 21.6. The summed E-state index contributed by atoms with van der Waals surface area (Å²) in [5, 5.41) is 11.7. The molecule has 0 spiro atoms. The number of carbonyl (C=O) groups excluding carboxylic acids is 1. The van der Waals surface area contributed by atoms with Gasteiger partial charge in [-0.05, 0) is 35.9 Å². The van der Waals surface area contributed by atoms with Crippen molar-refractivity contribution in [1.82, 2.24) is 15.1 Å². The van der Waals surface area contributed by atoms with Gasteiger partial charge in [0.15, 0.2) is 5.82 Å². The molecule has 3 aromatic rings. The van der Waals surface area contributed by atoms with Crippen LogP contribution in [-0.4, -0.2) is 47.2 Å². The van der Waals surface area contributed by atoms with Gasteiger partial charge < -0.3 is 15.1 Å². The highest BCUT2D eigenvalue weighted by Crippen LogP contribution is 2.30. The zero-order chi connectivity index (χ0) is 22.6. The number of carbonyl (C=O) groups is 1. The second-order valence-corrected chi connectivity index (χ2v) is 7.47. The number of nitrogens with one attached hydrogen (secondary N) is 1. The molecule has 0 radical (unpaired) electrons. The number of hydrogen-bond donors (Lipinski definition) is 1. The van der Waals surface area contributed by atoms with E-state index in [1.807, 2.05) is 47.4 Å². The van der Waals surface area contributed by atoms with E-state index in [0.29, 0.717) is 44.4 Å². The molecule has 9 heteroatoms. The van der Waals surface area contributed by atoms with Crippen LogP contribution in [0.25, 0.3) is 0 Å². The summed E-state index contributed by atoms with van der Waals surface area (Å²) in [5.41, 5.74) is 0.361. The highest BCUT2D eigenvalue weighted by Gasteiger charge is 2.31. The summed E-state index contributed by atoms with van der Waals surface area (Å²) in [6.45, 7) is 2.48. The second-order valence-electron chi connectivity index (χ2n) is 7.47. The number of hydrogen-bond acceptors (Lipinski definition) is 5. The average Bonchev–Trinajstić information content (AvgIpc) is 2.83. The Morgan fingerprint density at radius 1 is 0.906 bits per heavy atom. The topological polar surface area (TPSA) is 61.4 Å². The fourth-order valence-corrected chi connectivity index (χ4v) is 3.53. The normalized spacial score (nSPS) is 14.3. The first-order valence-corrected chi connectivity index (χ1v) is 10.2. The Hall–Kier alpha value is -3.62. The Balaban J connectivity index is 1.32. The van der Waals surface area contributed by atoms with E-state index >= 15 is 0 Å². The molecule has 0 unspecified atom stereocenters. The highest BCUT2D eigenvalue weighted by atomic mass is 19.4. The van der Waals surface area contributed by atoms with E-state index in [-0.39, 0.29) is 5.56 Å². The number of halogens is 3. The van der Waals surface area contributed by atoms with Crippen LogP contribution < -0.4 is 10.2 Å². The molecule has 0 atom stereocenters. The zero-order valence-corrected chi connectivity index (χ0v) is 17.2. The summed E-state index contributed by atoms with van der Waals surface area (Å²) >= 11 is 0. The quantitative estimate of drug-likeness (QED) is 0.647. The summed E-state index contributed by atoms with van der Waals surface area (Å²) in [6.07, 6.45) is -4.48. The van der Waals surface area contributed by atoms with Gasteiger partial charge in [-0.2, -0.15) is 13.2 Å². The molecule has 1 aromatic heterocycles. The molecule has 0 saturated carbocycles. The van der Waals surface area contributed by atoms with Crippen LogP contribution in [0.4, 0.5) is 24.8 Å². The summed E-state index contributed by atoms with van der Waals surface area (Å²) in [5.74, 6) is 0.958. The summed E-state index contributed by atoms with van der Waals surface area (Å²) in [7, 11) is 0. The van der Waals surface area contributed by atoms with Crippen LogP contribution in [0.3, 0.4) is 0 Å². The molecule has 166 valence electrons. The lowest BCUT2D eigenvalue weighted by molar-refractivity contribution is -0.137. The fourth-order valence-electron chi connectivity index (χ4n) is 3.53. The van der Waals surface area contributed by atoms with Crippen molar-refractivity contribution in [1.29, 1.82) is 0 Å². The van der Waals surface area contributed by atoms with Crippen molar-refractivity contribution in [2.24, 2.45) is 0 Å². The lowest BCUT2D eigenvalue weighted by Crippen LogP contribution is -2.49. The van der Waals surface area contributed by atoms with E-state index in [9.17, 15) is 18.0 Å². The molecule has 2 aromatic carbocycles. The monoisotopic (exact) mass is 441 g/mol. The van der Waals surface area contributed by atoms with E-state index in [1.165, 1.54) is 12.1 Å². The minimum absolute atomic E-state index is 0.0434. The second kappa shape index (κ2) is 9.25. The molecule has 4 rings (SSSR count). The summed E-state index contributed by atoms with van der Waals surface area (Å²) in [6, 6.07) is 18.2. The third-order valence-corrected chi connectivity index (χ3v) is 5.29. The van der Waals surface area contributed by atoms with E-state index in [4.69, 9.17) is 0 Å². The molecule has 1 N–H and O–H groups in total.